The third kappa shape index (κ3) is 4.49. The summed E-state index contributed by atoms with van der Waals surface area (Å²) in [6.07, 6.45) is 3.92. The van der Waals surface area contributed by atoms with Gasteiger partial charge in [-0.15, -0.1) is 0 Å². The van der Waals surface area contributed by atoms with Crippen molar-refractivity contribution in [2.45, 2.75) is 44.1 Å². The molecule has 1 heterocycles. The van der Waals surface area contributed by atoms with E-state index in [0.717, 1.165) is 22.9 Å². The highest BCUT2D eigenvalue weighted by atomic mass is 79.9. The molecule has 2 fully saturated rings. The first-order valence-electron chi connectivity index (χ1n) is 9.71. The lowest BCUT2D eigenvalue weighted by atomic mass is 9.98. The first kappa shape index (κ1) is 21.4. The van der Waals surface area contributed by atoms with Crippen LogP contribution >= 0.6 is 15.9 Å². The molecular formula is C20H26BrN3O5. The maximum Gasteiger partial charge on any atom is 0.325 e. The lowest BCUT2D eigenvalue weighted by Gasteiger charge is -2.19. The molecule has 1 aromatic rings. The molecule has 2 N–H and O–H groups in total. The molecule has 0 aromatic heterocycles. The Morgan fingerprint density at radius 1 is 1.21 bits per heavy atom. The second-order valence-corrected chi connectivity index (χ2v) is 8.18. The number of carbonyl (C=O) groups excluding carboxylic acids is 3. The number of halogens is 1. The van der Waals surface area contributed by atoms with Gasteiger partial charge in [-0.05, 0) is 37.0 Å². The molecular weight excluding hydrogens is 442 g/mol. The van der Waals surface area contributed by atoms with Crippen LogP contribution in [-0.4, -0.2) is 55.6 Å². The summed E-state index contributed by atoms with van der Waals surface area (Å²) < 4.78 is 11.4. The lowest BCUT2D eigenvalue weighted by Crippen LogP contribution is -2.44. The molecule has 1 aliphatic heterocycles. The number of urea groups is 1. The Labute approximate surface area is 178 Å². The standard InChI is InChI=1S/C20H26BrN3O5/c1-28-15-11-13(14(21)12-16(15)29-2)5-9-22-17(25)6-10-24-18(26)20(23-19(24)27)7-3-4-8-20/h11-12H,3-10H2,1-2H3,(H,22,25)(H,23,27). The number of imide groups is 1. The molecule has 1 saturated heterocycles. The van der Waals surface area contributed by atoms with Gasteiger partial charge in [-0.2, -0.15) is 0 Å². The van der Waals surface area contributed by atoms with Crippen molar-refractivity contribution >= 4 is 33.8 Å². The first-order chi connectivity index (χ1) is 13.9. The fourth-order valence-electron chi connectivity index (χ4n) is 3.92. The summed E-state index contributed by atoms with van der Waals surface area (Å²) in [5.41, 5.74) is 0.244. The highest BCUT2D eigenvalue weighted by Gasteiger charge is 2.52. The van der Waals surface area contributed by atoms with Crippen molar-refractivity contribution in [3.63, 3.8) is 0 Å². The maximum absolute atomic E-state index is 12.6. The molecule has 1 saturated carbocycles. The molecule has 4 amide bonds. The summed E-state index contributed by atoms with van der Waals surface area (Å²) in [5.74, 6) is 0.855. The van der Waals surface area contributed by atoms with Gasteiger partial charge >= 0.3 is 6.03 Å². The number of rotatable bonds is 8. The van der Waals surface area contributed by atoms with Gasteiger partial charge in [0.25, 0.3) is 5.91 Å². The van der Waals surface area contributed by atoms with Crippen LogP contribution in [-0.2, 0) is 16.0 Å². The highest BCUT2D eigenvalue weighted by Crippen LogP contribution is 2.35. The fourth-order valence-corrected chi connectivity index (χ4v) is 4.44. The Hall–Kier alpha value is -2.29. The number of nitrogens with one attached hydrogen (secondary N) is 2. The van der Waals surface area contributed by atoms with E-state index < -0.39 is 5.54 Å². The van der Waals surface area contributed by atoms with Gasteiger partial charge in [0, 0.05) is 24.0 Å². The van der Waals surface area contributed by atoms with Crippen molar-refractivity contribution in [1.29, 1.82) is 0 Å². The molecule has 1 spiro atoms. The third-order valence-electron chi connectivity index (χ3n) is 5.53. The van der Waals surface area contributed by atoms with E-state index in [1.165, 1.54) is 4.90 Å². The summed E-state index contributed by atoms with van der Waals surface area (Å²) >= 11 is 3.50. The highest BCUT2D eigenvalue weighted by molar-refractivity contribution is 9.10. The number of carbonyl (C=O) groups is 3. The van der Waals surface area contributed by atoms with Crippen molar-refractivity contribution in [2.24, 2.45) is 0 Å². The minimum Gasteiger partial charge on any atom is -0.493 e. The van der Waals surface area contributed by atoms with Crippen LogP contribution in [0.5, 0.6) is 11.5 Å². The van der Waals surface area contributed by atoms with Gasteiger partial charge in [0.15, 0.2) is 11.5 Å². The quantitative estimate of drug-likeness (QED) is 0.572. The van der Waals surface area contributed by atoms with Gasteiger partial charge in [0.05, 0.1) is 14.2 Å². The smallest absolute Gasteiger partial charge is 0.325 e. The van der Waals surface area contributed by atoms with Gasteiger partial charge in [0.1, 0.15) is 5.54 Å². The molecule has 9 heteroatoms. The van der Waals surface area contributed by atoms with Crippen molar-refractivity contribution in [3.8, 4) is 11.5 Å². The Kier molecular flexibility index (Phi) is 6.66. The lowest BCUT2D eigenvalue weighted by molar-refractivity contribution is -0.131. The molecule has 0 atom stereocenters. The third-order valence-corrected chi connectivity index (χ3v) is 6.27. The minimum absolute atomic E-state index is 0.0857. The summed E-state index contributed by atoms with van der Waals surface area (Å²) in [4.78, 5) is 38.1. The number of ether oxygens (including phenoxy) is 2. The zero-order valence-electron chi connectivity index (χ0n) is 16.7. The van der Waals surface area contributed by atoms with Crippen molar-refractivity contribution < 1.29 is 23.9 Å². The van der Waals surface area contributed by atoms with Crippen LogP contribution in [0, 0.1) is 0 Å². The summed E-state index contributed by atoms with van der Waals surface area (Å²) in [7, 11) is 3.15. The van der Waals surface area contributed by atoms with Crippen LogP contribution in [0.25, 0.3) is 0 Å². The maximum atomic E-state index is 12.6. The Bertz CT molecular complexity index is 808. The number of hydrogen-bond donors (Lipinski definition) is 2. The van der Waals surface area contributed by atoms with E-state index in [-0.39, 0.29) is 30.8 Å². The number of methoxy groups -OCH3 is 2. The molecule has 1 aromatic carbocycles. The summed E-state index contributed by atoms with van der Waals surface area (Å²) in [6, 6.07) is 3.30. The van der Waals surface area contributed by atoms with Gasteiger partial charge < -0.3 is 20.1 Å². The monoisotopic (exact) mass is 467 g/mol. The number of nitrogens with zero attached hydrogens (tertiary/aromatic N) is 1. The Morgan fingerprint density at radius 3 is 2.52 bits per heavy atom. The second-order valence-electron chi connectivity index (χ2n) is 7.32. The van der Waals surface area contributed by atoms with E-state index in [2.05, 4.69) is 26.6 Å². The van der Waals surface area contributed by atoms with Crippen LogP contribution in [0.2, 0.25) is 0 Å². The van der Waals surface area contributed by atoms with E-state index in [1.807, 2.05) is 12.1 Å². The normalized spacial score (nSPS) is 17.6. The average molecular weight is 468 g/mol. The molecule has 29 heavy (non-hydrogen) atoms. The van der Waals surface area contributed by atoms with Crippen LogP contribution in [0.4, 0.5) is 4.79 Å². The van der Waals surface area contributed by atoms with Gasteiger partial charge in [-0.25, -0.2) is 4.79 Å². The average Bonchev–Trinajstić information content (AvgIpc) is 3.26. The Morgan fingerprint density at radius 2 is 1.86 bits per heavy atom. The minimum atomic E-state index is -0.729. The van der Waals surface area contributed by atoms with E-state index in [0.29, 0.717) is 37.3 Å². The molecule has 8 nitrogen and oxygen atoms in total. The molecule has 1 aliphatic carbocycles. The number of benzene rings is 1. The second kappa shape index (κ2) is 9.02. The van der Waals surface area contributed by atoms with Crippen LogP contribution in [0.15, 0.2) is 16.6 Å². The molecule has 0 unspecified atom stereocenters. The van der Waals surface area contributed by atoms with Gasteiger partial charge in [0.2, 0.25) is 5.91 Å². The van der Waals surface area contributed by atoms with Crippen LogP contribution in [0.3, 0.4) is 0 Å². The number of amides is 4. The SMILES string of the molecule is COc1cc(Br)c(CCNC(=O)CCN2C(=O)NC3(CCCC3)C2=O)cc1OC. The summed E-state index contributed by atoms with van der Waals surface area (Å²) in [5, 5.41) is 5.66. The van der Waals surface area contributed by atoms with E-state index in [1.54, 1.807) is 14.2 Å². The van der Waals surface area contributed by atoms with Gasteiger partial charge in [-0.1, -0.05) is 28.8 Å². The van der Waals surface area contributed by atoms with Gasteiger partial charge in [-0.3, -0.25) is 14.5 Å². The van der Waals surface area contributed by atoms with Crippen molar-refractivity contribution in [3.05, 3.63) is 22.2 Å². The topological polar surface area (TPSA) is 97.0 Å². The van der Waals surface area contributed by atoms with E-state index >= 15 is 0 Å². The zero-order valence-corrected chi connectivity index (χ0v) is 18.3. The summed E-state index contributed by atoms with van der Waals surface area (Å²) in [6.45, 7) is 0.523. The van der Waals surface area contributed by atoms with Crippen LogP contribution in [0.1, 0.15) is 37.7 Å². The zero-order chi connectivity index (χ0) is 21.0. The van der Waals surface area contributed by atoms with E-state index in [9.17, 15) is 14.4 Å². The molecule has 158 valence electrons. The Balaban J connectivity index is 1.47. The molecule has 0 radical (unpaired) electrons. The first-order valence-corrected chi connectivity index (χ1v) is 10.5. The van der Waals surface area contributed by atoms with E-state index in [4.69, 9.17) is 9.47 Å². The number of hydrogen-bond acceptors (Lipinski definition) is 5. The fraction of sp³-hybridized carbons (Fsp3) is 0.550. The predicted octanol–water partition coefficient (Wildman–Crippen LogP) is 2.38. The molecule has 3 rings (SSSR count). The molecule has 0 bridgehead atoms. The van der Waals surface area contributed by atoms with Crippen molar-refractivity contribution in [1.82, 2.24) is 15.5 Å². The van der Waals surface area contributed by atoms with Crippen LogP contribution < -0.4 is 20.1 Å². The van der Waals surface area contributed by atoms with Crippen molar-refractivity contribution in [2.75, 3.05) is 27.3 Å². The largest absolute Gasteiger partial charge is 0.493 e. The molecule has 2 aliphatic rings. The predicted molar refractivity (Wildman–Crippen MR) is 110 cm³/mol.